The molecule has 0 spiro atoms. The summed E-state index contributed by atoms with van der Waals surface area (Å²) < 4.78 is 0. The molecule has 0 heterocycles. The zero-order valence-electron chi connectivity index (χ0n) is 23.3. The Morgan fingerprint density at radius 1 is 0.676 bits per heavy atom. The number of oxime groups is 2. The fraction of sp³-hybridized carbons (Fsp3) is 0.548. The fourth-order valence-corrected chi connectivity index (χ4v) is 5.45. The Morgan fingerprint density at radius 2 is 1.08 bits per heavy atom. The average Bonchev–Trinajstić information content (AvgIpc) is 3.29. The molecule has 0 aliphatic heterocycles. The summed E-state index contributed by atoms with van der Waals surface area (Å²) in [7, 11) is 0. The van der Waals surface area contributed by atoms with Crippen molar-refractivity contribution in [1.82, 2.24) is 9.80 Å². The first-order valence-corrected chi connectivity index (χ1v) is 14.1. The molecule has 0 atom stereocenters. The van der Waals surface area contributed by atoms with Gasteiger partial charge in [-0.3, -0.25) is 0 Å². The lowest BCUT2D eigenvalue weighted by Crippen LogP contribution is -2.24. The highest BCUT2D eigenvalue weighted by molar-refractivity contribution is 5.87. The Balaban J connectivity index is 1.59. The van der Waals surface area contributed by atoms with Crippen LogP contribution in [0.25, 0.3) is 11.1 Å². The standard InChI is InChI=1S/C31H46N4O2/c1-5-34(6-2)17-9-11-28(32-36)21-24-13-15-30-26(19-24)23-27-20-25(14-16-31(27)30)22-29(33-37)12-10-18-35(7-3)8-4/h13-16,19-20,36-37H,5-12,17-18,21-23H2,1-4H3. The number of nitrogens with zero attached hydrogens (tertiary/aromatic N) is 4. The van der Waals surface area contributed by atoms with Crippen LogP contribution in [0, 0.1) is 0 Å². The van der Waals surface area contributed by atoms with E-state index < -0.39 is 0 Å². The van der Waals surface area contributed by atoms with Crippen LogP contribution in [0.1, 0.15) is 75.6 Å². The van der Waals surface area contributed by atoms with Gasteiger partial charge in [-0.15, -0.1) is 0 Å². The van der Waals surface area contributed by atoms with Gasteiger partial charge in [-0.2, -0.15) is 0 Å². The van der Waals surface area contributed by atoms with Gasteiger partial charge in [0.15, 0.2) is 0 Å². The lowest BCUT2D eigenvalue weighted by Gasteiger charge is -2.17. The maximum Gasteiger partial charge on any atom is 0.0615 e. The highest BCUT2D eigenvalue weighted by atomic mass is 16.4. The summed E-state index contributed by atoms with van der Waals surface area (Å²) in [6.07, 6.45) is 5.94. The third-order valence-electron chi connectivity index (χ3n) is 7.78. The van der Waals surface area contributed by atoms with Crippen LogP contribution < -0.4 is 0 Å². The molecule has 37 heavy (non-hydrogen) atoms. The van der Waals surface area contributed by atoms with Gasteiger partial charge in [0.1, 0.15) is 0 Å². The summed E-state index contributed by atoms with van der Waals surface area (Å²) in [5, 5.41) is 26.4. The molecule has 0 bridgehead atoms. The molecule has 0 saturated heterocycles. The van der Waals surface area contributed by atoms with E-state index in [-0.39, 0.29) is 0 Å². The third-order valence-corrected chi connectivity index (χ3v) is 7.78. The zero-order chi connectivity index (χ0) is 26.6. The first kappa shape index (κ1) is 28.9. The van der Waals surface area contributed by atoms with Crippen LogP contribution in [0.15, 0.2) is 46.7 Å². The van der Waals surface area contributed by atoms with Gasteiger partial charge in [0.2, 0.25) is 0 Å². The molecule has 1 aliphatic carbocycles. The van der Waals surface area contributed by atoms with Gasteiger partial charge in [-0.05, 0) is 105 Å². The molecular formula is C31H46N4O2. The van der Waals surface area contributed by atoms with E-state index in [1.165, 1.54) is 33.4 Å². The van der Waals surface area contributed by atoms with Gasteiger partial charge in [0.05, 0.1) is 11.4 Å². The summed E-state index contributed by atoms with van der Waals surface area (Å²) >= 11 is 0. The Labute approximate surface area is 223 Å². The van der Waals surface area contributed by atoms with Crippen molar-refractivity contribution in [2.75, 3.05) is 39.3 Å². The van der Waals surface area contributed by atoms with Crippen LogP contribution in [0.5, 0.6) is 0 Å². The van der Waals surface area contributed by atoms with Crippen molar-refractivity contribution in [3.8, 4) is 11.1 Å². The molecule has 2 aromatic rings. The Morgan fingerprint density at radius 3 is 1.43 bits per heavy atom. The zero-order valence-corrected chi connectivity index (χ0v) is 23.3. The minimum Gasteiger partial charge on any atom is -0.411 e. The molecule has 0 saturated carbocycles. The van der Waals surface area contributed by atoms with Gasteiger partial charge in [0.25, 0.3) is 0 Å². The van der Waals surface area contributed by atoms with Gasteiger partial charge in [0, 0.05) is 12.8 Å². The highest BCUT2D eigenvalue weighted by Crippen LogP contribution is 2.37. The summed E-state index contributed by atoms with van der Waals surface area (Å²) in [6.45, 7) is 15.0. The summed E-state index contributed by atoms with van der Waals surface area (Å²) in [4.78, 5) is 4.80. The van der Waals surface area contributed by atoms with E-state index in [2.05, 4.69) is 84.2 Å². The number of hydrogen-bond donors (Lipinski definition) is 2. The lowest BCUT2D eigenvalue weighted by atomic mass is 9.98. The third kappa shape index (κ3) is 8.14. The number of rotatable bonds is 16. The van der Waals surface area contributed by atoms with E-state index in [4.69, 9.17) is 0 Å². The SMILES string of the molecule is CCN(CC)CCCC(Cc1ccc2c(c1)Cc1cc(CC(CCCN(CC)CC)=NO)ccc1-2)=NO. The van der Waals surface area contributed by atoms with Crippen molar-refractivity contribution in [2.45, 2.75) is 72.6 Å². The molecule has 2 N–H and O–H groups in total. The van der Waals surface area contributed by atoms with Crippen molar-refractivity contribution in [3.05, 3.63) is 58.7 Å². The van der Waals surface area contributed by atoms with Gasteiger partial charge >= 0.3 is 0 Å². The second kappa shape index (κ2) is 14.9. The van der Waals surface area contributed by atoms with Crippen LogP contribution >= 0.6 is 0 Å². The average molecular weight is 507 g/mol. The predicted octanol–water partition coefficient (Wildman–Crippen LogP) is 6.25. The van der Waals surface area contributed by atoms with E-state index >= 15 is 0 Å². The molecule has 202 valence electrons. The summed E-state index contributed by atoms with van der Waals surface area (Å²) in [5.41, 5.74) is 9.36. The topological polar surface area (TPSA) is 71.7 Å². The second-order valence-electron chi connectivity index (χ2n) is 10.1. The van der Waals surface area contributed by atoms with E-state index in [1.807, 2.05) is 0 Å². The molecule has 3 rings (SSSR count). The van der Waals surface area contributed by atoms with Crippen LogP contribution in [0.4, 0.5) is 0 Å². The molecule has 0 aromatic heterocycles. The van der Waals surface area contributed by atoms with Crippen LogP contribution in [0.3, 0.4) is 0 Å². The molecular weight excluding hydrogens is 460 g/mol. The molecule has 0 unspecified atom stereocenters. The van der Waals surface area contributed by atoms with E-state index in [1.54, 1.807) is 0 Å². The predicted molar refractivity (Wildman–Crippen MR) is 155 cm³/mol. The Kier molecular flexibility index (Phi) is 11.6. The second-order valence-corrected chi connectivity index (χ2v) is 10.1. The molecule has 6 nitrogen and oxygen atoms in total. The molecule has 0 fully saturated rings. The van der Waals surface area contributed by atoms with Gasteiger partial charge < -0.3 is 20.2 Å². The van der Waals surface area contributed by atoms with Crippen molar-refractivity contribution in [1.29, 1.82) is 0 Å². The van der Waals surface area contributed by atoms with Gasteiger partial charge in [-0.25, -0.2) is 0 Å². The van der Waals surface area contributed by atoms with E-state index in [0.29, 0.717) is 12.8 Å². The van der Waals surface area contributed by atoms with Crippen molar-refractivity contribution in [3.63, 3.8) is 0 Å². The maximum absolute atomic E-state index is 9.58. The monoisotopic (exact) mass is 506 g/mol. The highest BCUT2D eigenvalue weighted by Gasteiger charge is 2.20. The Hall–Kier alpha value is -2.70. The van der Waals surface area contributed by atoms with Crippen molar-refractivity contribution < 1.29 is 10.4 Å². The van der Waals surface area contributed by atoms with E-state index in [0.717, 1.165) is 82.8 Å². The Bertz CT molecular complexity index is 972. The first-order valence-electron chi connectivity index (χ1n) is 14.1. The van der Waals surface area contributed by atoms with Crippen molar-refractivity contribution >= 4 is 11.4 Å². The number of hydrogen-bond acceptors (Lipinski definition) is 6. The normalized spacial score (nSPS) is 13.5. The maximum atomic E-state index is 9.58. The van der Waals surface area contributed by atoms with Crippen molar-refractivity contribution in [2.24, 2.45) is 10.3 Å². The largest absolute Gasteiger partial charge is 0.411 e. The molecule has 6 heteroatoms. The lowest BCUT2D eigenvalue weighted by molar-refractivity contribution is 0.298. The number of fused-ring (bicyclic) bond motifs is 3. The summed E-state index contributed by atoms with van der Waals surface area (Å²) in [5.74, 6) is 0. The van der Waals surface area contributed by atoms with Gasteiger partial charge in [-0.1, -0.05) is 74.4 Å². The minimum atomic E-state index is 0.688. The first-order chi connectivity index (χ1) is 18.0. The smallest absolute Gasteiger partial charge is 0.0615 e. The molecule has 2 aromatic carbocycles. The fourth-order valence-electron chi connectivity index (χ4n) is 5.45. The minimum absolute atomic E-state index is 0.688. The quantitative estimate of drug-likeness (QED) is 0.137. The van der Waals surface area contributed by atoms with Crippen LogP contribution in [-0.4, -0.2) is 70.9 Å². The van der Waals surface area contributed by atoms with E-state index in [9.17, 15) is 10.4 Å². The molecule has 1 aliphatic rings. The number of benzene rings is 2. The van der Waals surface area contributed by atoms with Crippen LogP contribution in [0.2, 0.25) is 0 Å². The van der Waals surface area contributed by atoms with Crippen LogP contribution in [-0.2, 0) is 19.3 Å². The summed E-state index contributed by atoms with van der Waals surface area (Å²) in [6, 6.07) is 13.3. The molecule has 0 radical (unpaired) electrons. The molecule has 0 amide bonds.